The number of fused-ring (bicyclic) bond motifs is 1. The third kappa shape index (κ3) is 7.42. The van der Waals surface area contributed by atoms with Crippen molar-refractivity contribution >= 4 is 32.6 Å². The van der Waals surface area contributed by atoms with Crippen molar-refractivity contribution in [3.05, 3.63) is 77.9 Å². The Morgan fingerprint density at radius 3 is 2.37 bits per heavy atom. The Morgan fingerprint density at radius 1 is 0.921 bits per heavy atom. The summed E-state index contributed by atoms with van der Waals surface area (Å²) >= 11 is 0. The maximum atomic E-state index is 13.4. The van der Waals surface area contributed by atoms with Gasteiger partial charge in [-0.2, -0.15) is 0 Å². The number of aryl methyl sites for hydroxylation is 1. The molecule has 2 amide bonds. The Kier molecular flexibility index (Phi) is 9.53. The molecule has 38 heavy (non-hydrogen) atoms. The summed E-state index contributed by atoms with van der Waals surface area (Å²) in [5.41, 5.74) is 1.73. The van der Waals surface area contributed by atoms with Gasteiger partial charge in [-0.1, -0.05) is 73.0 Å². The van der Waals surface area contributed by atoms with Crippen LogP contribution in [0.3, 0.4) is 0 Å². The molecule has 8 heteroatoms. The predicted octanol–water partition coefficient (Wildman–Crippen LogP) is 4.41. The Labute approximate surface area is 225 Å². The third-order valence-electron chi connectivity index (χ3n) is 7.24. The summed E-state index contributed by atoms with van der Waals surface area (Å²) < 4.78 is 28.2. The van der Waals surface area contributed by atoms with E-state index in [9.17, 15) is 18.0 Å². The molecule has 0 aromatic heterocycles. The first-order chi connectivity index (χ1) is 18.3. The molecule has 202 valence electrons. The first kappa shape index (κ1) is 27.8. The number of amides is 2. The molecule has 3 N–H and O–H groups in total. The van der Waals surface area contributed by atoms with Crippen LogP contribution in [-0.4, -0.2) is 39.9 Å². The van der Waals surface area contributed by atoms with E-state index in [1.165, 1.54) is 12.1 Å². The van der Waals surface area contributed by atoms with E-state index in [1.54, 1.807) is 12.1 Å². The number of carbonyl (C=O) groups is 2. The summed E-state index contributed by atoms with van der Waals surface area (Å²) in [6.45, 7) is 4.26. The fourth-order valence-corrected chi connectivity index (χ4v) is 5.96. The topological polar surface area (TPSA) is 104 Å². The van der Waals surface area contributed by atoms with Crippen LogP contribution in [0.25, 0.3) is 10.8 Å². The highest BCUT2D eigenvalue weighted by Gasteiger charge is 2.26. The van der Waals surface area contributed by atoms with E-state index in [-0.39, 0.29) is 16.7 Å². The molecular weight excluding hydrogens is 498 g/mol. The van der Waals surface area contributed by atoms with E-state index < -0.39 is 21.8 Å². The van der Waals surface area contributed by atoms with E-state index in [0.29, 0.717) is 13.0 Å². The molecule has 1 unspecified atom stereocenters. The van der Waals surface area contributed by atoms with Gasteiger partial charge in [0.15, 0.2) is 0 Å². The molecule has 3 aromatic carbocycles. The minimum atomic E-state index is -3.98. The molecule has 1 heterocycles. The second kappa shape index (κ2) is 13.0. The van der Waals surface area contributed by atoms with Gasteiger partial charge in [-0.05, 0) is 74.2 Å². The van der Waals surface area contributed by atoms with E-state index >= 15 is 0 Å². The van der Waals surface area contributed by atoms with Crippen LogP contribution in [-0.2, 0) is 19.6 Å². The standard InChI is InChI=1S/C30H37N3O4S/c1-22-10-14-27(15-11-22)38(36,37)33-30(35)28(26-13-12-23-7-4-5-8-25(23)21-26)9-3-2-6-18-32-29(34)24-16-19-31-20-17-24/h4-5,7-8,10-15,21,24,28,31H,2-3,6,9,16-20H2,1H3,(H,32,34)(H,33,35). The maximum absolute atomic E-state index is 13.4. The van der Waals surface area contributed by atoms with Crippen molar-refractivity contribution in [2.45, 2.75) is 56.3 Å². The van der Waals surface area contributed by atoms with Crippen molar-refractivity contribution in [1.29, 1.82) is 0 Å². The van der Waals surface area contributed by atoms with Crippen molar-refractivity contribution in [2.75, 3.05) is 19.6 Å². The highest BCUT2D eigenvalue weighted by atomic mass is 32.2. The smallest absolute Gasteiger partial charge is 0.264 e. The average Bonchev–Trinajstić information content (AvgIpc) is 2.92. The van der Waals surface area contributed by atoms with Crippen LogP contribution in [0.5, 0.6) is 0 Å². The molecule has 7 nitrogen and oxygen atoms in total. The molecule has 0 radical (unpaired) electrons. The number of rotatable bonds is 11. The highest BCUT2D eigenvalue weighted by molar-refractivity contribution is 7.90. The fraction of sp³-hybridized carbons (Fsp3) is 0.400. The number of nitrogens with one attached hydrogen (secondary N) is 3. The van der Waals surface area contributed by atoms with Crippen molar-refractivity contribution in [3.63, 3.8) is 0 Å². The van der Waals surface area contributed by atoms with Crippen LogP contribution < -0.4 is 15.4 Å². The molecule has 4 rings (SSSR count). The molecular formula is C30H37N3O4S. The third-order valence-corrected chi connectivity index (χ3v) is 8.60. The lowest BCUT2D eigenvalue weighted by Crippen LogP contribution is -2.38. The molecule has 0 spiro atoms. The van der Waals surface area contributed by atoms with Crippen LogP contribution in [0.1, 0.15) is 55.6 Å². The maximum Gasteiger partial charge on any atom is 0.264 e. The first-order valence-corrected chi connectivity index (χ1v) is 14.9. The first-order valence-electron chi connectivity index (χ1n) is 13.4. The Balaban J connectivity index is 1.39. The molecule has 3 aromatic rings. The molecule has 0 aliphatic carbocycles. The van der Waals surface area contributed by atoms with Crippen LogP contribution in [0.2, 0.25) is 0 Å². The number of carbonyl (C=O) groups excluding carboxylic acids is 2. The zero-order valence-corrected chi connectivity index (χ0v) is 22.7. The van der Waals surface area contributed by atoms with Gasteiger partial charge < -0.3 is 10.6 Å². The van der Waals surface area contributed by atoms with Crippen LogP contribution in [0.4, 0.5) is 0 Å². The monoisotopic (exact) mass is 535 g/mol. The fourth-order valence-electron chi connectivity index (χ4n) is 4.94. The number of hydrogen-bond acceptors (Lipinski definition) is 5. The molecule has 0 bridgehead atoms. The number of piperidine rings is 1. The van der Waals surface area contributed by atoms with E-state index in [1.807, 2.05) is 49.4 Å². The van der Waals surface area contributed by atoms with Gasteiger partial charge in [0.2, 0.25) is 11.8 Å². The Hall–Kier alpha value is -3.23. The zero-order valence-electron chi connectivity index (χ0n) is 21.9. The Bertz CT molecular complexity index is 1350. The van der Waals surface area contributed by atoms with Gasteiger partial charge in [0.05, 0.1) is 10.8 Å². The molecule has 1 aliphatic heterocycles. The molecule has 0 saturated carbocycles. The summed E-state index contributed by atoms with van der Waals surface area (Å²) in [6, 6.07) is 20.2. The SMILES string of the molecule is Cc1ccc(S(=O)(=O)NC(=O)C(CCCCCNC(=O)C2CCNCC2)c2ccc3ccccc3c2)cc1. The van der Waals surface area contributed by atoms with Crippen molar-refractivity contribution in [3.8, 4) is 0 Å². The number of benzene rings is 3. The summed E-state index contributed by atoms with van der Waals surface area (Å²) in [6.07, 6.45) is 4.63. The summed E-state index contributed by atoms with van der Waals surface area (Å²) in [7, 11) is -3.98. The van der Waals surface area contributed by atoms with Gasteiger partial charge in [0.25, 0.3) is 10.0 Å². The number of unbranched alkanes of at least 4 members (excludes halogenated alkanes) is 2. The van der Waals surface area contributed by atoms with Gasteiger partial charge in [-0.25, -0.2) is 13.1 Å². The molecule has 1 fully saturated rings. The largest absolute Gasteiger partial charge is 0.356 e. The summed E-state index contributed by atoms with van der Waals surface area (Å²) in [4.78, 5) is 25.8. The minimum absolute atomic E-state index is 0.0678. The summed E-state index contributed by atoms with van der Waals surface area (Å²) in [5.74, 6) is -0.918. The van der Waals surface area contributed by atoms with Crippen molar-refractivity contribution in [2.24, 2.45) is 5.92 Å². The normalized spacial score (nSPS) is 15.2. The molecule has 1 atom stereocenters. The lowest BCUT2D eigenvalue weighted by Gasteiger charge is -2.21. The minimum Gasteiger partial charge on any atom is -0.356 e. The lowest BCUT2D eigenvalue weighted by atomic mass is 9.91. The summed E-state index contributed by atoms with van der Waals surface area (Å²) in [5, 5.41) is 8.38. The van der Waals surface area contributed by atoms with Crippen LogP contribution in [0.15, 0.2) is 71.6 Å². The van der Waals surface area contributed by atoms with Gasteiger partial charge in [-0.3, -0.25) is 9.59 Å². The van der Waals surface area contributed by atoms with Crippen LogP contribution in [0, 0.1) is 12.8 Å². The van der Waals surface area contributed by atoms with Gasteiger partial charge in [0.1, 0.15) is 0 Å². The van der Waals surface area contributed by atoms with Crippen molar-refractivity contribution in [1.82, 2.24) is 15.4 Å². The molecule has 1 saturated heterocycles. The second-order valence-electron chi connectivity index (χ2n) is 10.1. The lowest BCUT2D eigenvalue weighted by molar-refractivity contribution is -0.125. The van der Waals surface area contributed by atoms with E-state index in [0.717, 1.165) is 67.1 Å². The average molecular weight is 536 g/mol. The van der Waals surface area contributed by atoms with Gasteiger partial charge in [-0.15, -0.1) is 0 Å². The predicted molar refractivity (Wildman–Crippen MR) is 150 cm³/mol. The number of sulfonamides is 1. The van der Waals surface area contributed by atoms with Crippen LogP contribution >= 0.6 is 0 Å². The van der Waals surface area contributed by atoms with E-state index in [4.69, 9.17) is 0 Å². The molecule has 1 aliphatic rings. The van der Waals surface area contributed by atoms with E-state index in [2.05, 4.69) is 15.4 Å². The van der Waals surface area contributed by atoms with Gasteiger partial charge >= 0.3 is 0 Å². The highest BCUT2D eigenvalue weighted by Crippen LogP contribution is 2.27. The number of hydrogen-bond donors (Lipinski definition) is 3. The Morgan fingerprint density at radius 2 is 1.63 bits per heavy atom. The zero-order chi connectivity index (χ0) is 27.0. The second-order valence-corrected chi connectivity index (χ2v) is 11.8. The quantitative estimate of drug-likeness (QED) is 0.316. The van der Waals surface area contributed by atoms with Crippen molar-refractivity contribution < 1.29 is 18.0 Å². The van der Waals surface area contributed by atoms with Gasteiger partial charge in [0, 0.05) is 12.5 Å².